The fourth-order valence-electron chi connectivity index (χ4n) is 1.50. The number of carbonyl (C=O) groups excluding carboxylic acids is 1. The number of pyridine rings is 1. The molecular weight excluding hydrogens is 330 g/mol. The Morgan fingerprint density at radius 3 is 2.37 bits per heavy atom. The van der Waals surface area contributed by atoms with E-state index in [0.29, 0.717) is 19.8 Å². The fourth-order valence-corrected chi connectivity index (χ4v) is 3.31. The smallest absolute Gasteiger partial charge is 0.248 e. The molecule has 98 valence electrons. The minimum Gasteiger partial charge on any atom is -0.366 e. The van der Waals surface area contributed by atoms with Crippen LogP contribution in [0.4, 0.5) is 0 Å². The van der Waals surface area contributed by atoms with E-state index in [9.17, 15) is 9.00 Å². The molecule has 0 saturated carbocycles. The zero-order chi connectivity index (χ0) is 14.0. The van der Waals surface area contributed by atoms with Crippen LogP contribution in [-0.2, 0) is 9.73 Å². The summed E-state index contributed by atoms with van der Waals surface area (Å²) in [4.78, 5) is 15.5. The number of aromatic nitrogens is 1. The predicted molar refractivity (Wildman–Crippen MR) is 74.3 cm³/mol. The van der Waals surface area contributed by atoms with Crippen LogP contribution in [0.3, 0.4) is 0 Å². The Hall–Kier alpha value is -1.73. The van der Waals surface area contributed by atoms with Crippen molar-refractivity contribution in [2.45, 2.75) is 9.79 Å². The average molecular weight is 340 g/mol. The van der Waals surface area contributed by atoms with Gasteiger partial charge in [0.2, 0.25) is 5.91 Å². The van der Waals surface area contributed by atoms with Crippen molar-refractivity contribution in [1.82, 2.24) is 4.98 Å². The lowest BCUT2D eigenvalue weighted by Crippen LogP contribution is -2.11. The van der Waals surface area contributed by atoms with E-state index in [2.05, 4.69) is 20.9 Å². The summed E-state index contributed by atoms with van der Waals surface area (Å²) in [5, 5.41) is 0. The highest BCUT2D eigenvalue weighted by Gasteiger charge is 2.14. The van der Waals surface area contributed by atoms with Crippen molar-refractivity contribution in [1.29, 1.82) is 4.78 Å². The number of nitrogens with two attached hydrogens (primary N) is 1. The SMILES string of the molecule is N=S(=O)(c1ccc(C(N)=O)cc1)c1cncc(Br)c1. The monoisotopic (exact) mass is 339 g/mol. The summed E-state index contributed by atoms with van der Waals surface area (Å²) in [5.74, 6) is -0.563. The second-order valence-corrected chi connectivity index (χ2v) is 6.75. The Morgan fingerprint density at radius 2 is 1.84 bits per heavy atom. The molecule has 2 aromatic rings. The summed E-state index contributed by atoms with van der Waals surface area (Å²) in [6, 6.07) is 7.44. The third-order valence-corrected chi connectivity index (χ3v) is 4.74. The average Bonchev–Trinajstić information content (AvgIpc) is 2.39. The fraction of sp³-hybridized carbons (Fsp3) is 0. The van der Waals surface area contributed by atoms with E-state index in [1.807, 2.05) is 0 Å². The number of primary amides is 1. The van der Waals surface area contributed by atoms with Gasteiger partial charge in [0.1, 0.15) is 9.73 Å². The van der Waals surface area contributed by atoms with Crippen LogP contribution in [0.2, 0.25) is 0 Å². The highest BCUT2D eigenvalue weighted by atomic mass is 79.9. The number of carbonyl (C=O) groups is 1. The van der Waals surface area contributed by atoms with Crippen LogP contribution in [0.15, 0.2) is 57.0 Å². The van der Waals surface area contributed by atoms with Crippen LogP contribution >= 0.6 is 15.9 Å². The van der Waals surface area contributed by atoms with Crippen molar-refractivity contribution >= 4 is 31.6 Å². The van der Waals surface area contributed by atoms with Gasteiger partial charge in [-0.3, -0.25) is 9.78 Å². The van der Waals surface area contributed by atoms with Crippen LogP contribution in [-0.4, -0.2) is 15.1 Å². The van der Waals surface area contributed by atoms with Gasteiger partial charge < -0.3 is 5.73 Å². The topological polar surface area (TPSA) is 96.9 Å². The molecule has 7 heteroatoms. The molecule has 1 aromatic carbocycles. The van der Waals surface area contributed by atoms with E-state index in [1.165, 1.54) is 30.5 Å². The van der Waals surface area contributed by atoms with Gasteiger partial charge >= 0.3 is 0 Å². The van der Waals surface area contributed by atoms with Gasteiger partial charge in [-0.15, -0.1) is 0 Å². The zero-order valence-corrected chi connectivity index (χ0v) is 12.1. The van der Waals surface area contributed by atoms with Crippen molar-refractivity contribution < 1.29 is 9.00 Å². The molecule has 1 unspecified atom stereocenters. The molecule has 2 rings (SSSR count). The highest BCUT2D eigenvalue weighted by Crippen LogP contribution is 2.23. The van der Waals surface area contributed by atoms with E-state index in [4.69, 9.17) is 10.5 Å². The summed E-state index contributed by atoms with van der Waals surface area (Å²) in [6.07, 6.45) is 2.94. The van der Waals surface area contributed by atoms with Crippen LogP contribution in [0.25, 0.3) is 0 Å². The number of nitrogens with one attached hydrogen (secondary N) is 1. The van der Waals surface area contributed by atoms with E-state index in [1.54, 1.807) is 12.3 Å². The van der Waals surface area contributed by atoms with Crippen molar-refractivity contribution in [2.24, 2.45) is 5.73 Å². The van der Waals surface area contributed by atoms with E-state index < -0.39 is 15.6 Å². The molecule has 0 aliphatic heterocycles. The lowest BCUT2D eigenvalue weighted by molar-refractivity contribution is 0.1000. The molecule has 0 bridgehead atoms. The molecule has 0 aliphatic carbocycles. The van der Waals surface area contributed by atoms with Gasteiger partial charge in [-0.05, 0) is 46.3 Å². The first-order valence-electron chi connectivity index (χ1n) is 5.20. The first-order chi connectivity index (χ1) is 8.91. The van der Waals surface area contributed by atoms with E-state index in [0.717, 1.165) is 0 Å². The minimum absolute atomic E-state index is 0.300. The van der Waals surface area contributed by atoms with Crippen molar-refractivity contribution in [2.75, 3.05) is 0 Å². The number of hydrogen-bond donors (Lipinski definition) is 2. The van der Waals surface area contributed by atoms with Crippen molar-refractivity contribution in [3.63, 3.8) is 0 Å². The molecule has 0 radical (unpaired) electrons. The molecule has 1 heterocycles. The maximum atomic E-state index is 12.5. The summed E-state index contributed by atoms with van der Waals surface area (Å²) < 4.78 is 21.2. The Morgan fingerprint density at radius 1 is 1.21 bits per heavy atom. The number of benzene rings is 1. The second kappa shape index (κ2) is 5.10. The summed E-state index contributed by atoms with van der Waals surface area (Å²) in [7, 11) is -3.15. The van der Waals surface area contributed by atoms with Crippen LogP contribution < -0.4 is 5.73 Å². The summed E-state index contributed by atoms with van der Waals surface area (Å²) in [5.41, 5.74) is 5.44. The Bertz CT molecular complexity index is 727. The van der Waals surface area contributed by atoms with Crippen LogP contribution in [0.1, 0.15) is 10.4 Å². The molecule has 1 amide bonds. The quantitative estimate of drug-likeness (QED) is 0.898. The minimum atomic E-state index is -3.15. The maximum Gasteiger partial charge on any atom is 0.248 e. The Kier molecular flexibility index (Phi) is 3.68. The van der Waals surface area contributed by atoms with Crippen molar-refractivity contribution in [3.8, 4) is 0 Å². The number of nitrogens with zero attached hydrogens (tertiary/aromatic N) is 1. The predicted octanol–water partition coefficient (Wildman–Crippen LogP) is 2.41. The van der Waals surface area contributed by atoms with Crippen LogP contribution in [0, 0.1) is 4.78 Å². The third kappa shape index (κ3) is 2.82. The molecule has 0 saturated heterocycles. The Labute approximate surface area is 119 Å². The standard InChI is InChI=1S/C12H10BrN3O2S/c13-9-5-11(7-16-6-9)19(15,18)10-3-1-8(2-4-10)12(14)17/h1-7,15H,(H2,14,17). The largest absolute Gasteiger partial charge is 0.366 e. The van der Waals surface area contributed by atoms with E-state index >= 15 is 0 Å². The lowest BCUT2D eigenvalue weighted by atomic mass is 10.2. The maximum absolute atomic E-state index is 12.5. The molecule has 0 fully saturated rings. The molecule has 5 nitrogen and oxygen atoms in total. The van der Waals surface area contributed by atoms with Gasteiger partial charge in [0.15, 0.2) is 0 Å². The number of hydrogen-bond acceptors (Lipinski definition) is 4. The van der Waals surface area contributed by atoms with Crippen molar-refractivity contribution in [3.05, 3.63) is 52.8 Å². The van der Waals surface area contributed by atoms with Gasteiger partial charge in [-0.1, -0.05) is 0 Å². The number of amides is 1. The number of rotatable bonds is 3. The number of halogens is 1. The third-order valence-electron chi connectivity index (χ3n) is 2.48. The van der Waals surface area contributed by atoms with Gasteiger partial charge in [0.05, 0.1) is 9.79 Å². The second-order valence-electron chi connectivity index (χ2n) is 3.78. The molecule has 0 spiro atoms. The molecule has 1 aromatic heterocycles. The summed E-state index contributed by atoms with van der Waals surface area (Å²) >= 11 is 3.23. The lowest BCUT2D eigenvalue weighted by Gasteiger charge is -2.08. The first kappa shape index (κ1) is 13.7. The molecule has 19 heavy (non-hydrogen) atoms. The van der Waals surface area contributed by atoms with Gasteiger partial charge in [0.25, 0.3) is 0 Å². The van der Waals surface area contributed by atoms with Gasteiger partial charge in [-0.2, -0.15) is 0 Å². The van der Waals surface area contributed by atoms with Gasteiger partial charge in [0, 0.05) is 22.4 Å². The normalized spacial score (nSPS) is 13.7. The molecular formula is C12H10BrN3O2S. The van der Waals surface area contributed by atoms with Crippen LogP contribution in [0.5, 0.6) is 0 Å². The first-order valence-corrected chi connectivity index (χ1v) is 7.55. The Balaban J connectivity index is 2.48. The zero-order valence-electron chi connectivity index (χ0n) is 9.67. The molecule has 3 N–H and O–H groups in total. The van der Waals surface area contributed by atoms with Gasteiger partial charge in [-0.25, -0.2) is 8.99 Å². The van der Waals surface area contributed by atoms with E-state index in [-0.39, 0.29) is 0 Å². The summed E-state index contributed by atoms with van der Waals surface area (Å²) in [6.45, 7) is 0. The highest BCUT2D eigenvalue weighted by molar-refractivity contribution is 9.10. The molecule has 1 atom stereocenters. The molecule has 0 aliphatic rings.